The number of nitrogens with zero attached hydrogens (tertiary/aromatic N) is 1. The Morgan fingerprint density at radius 2 is 2.14 bits per heavy atom. The zero-order chi connectivity index (χ0) is 10.1. The maximum absolute atomic E-state index is 5.88. The fourth-order valence-electron chi connectivity index (χ4n) is 1.86. The second-order valence-electron chi connectivity index (χ2n) is 4.22. The van der Waals surface area contributed by atoms with Crippen molar-refractivity contribution in [3.63, 3.8) is 0 Å². The molecule has 1 heterocycles. The lowest BCUT2D eigenvalue weighted by Gasteiger charge is -2.41. The summed E-state index contributed by atoms with van der Waals surface area (Å²) in [5.74, 6) is 0.887. The Balaban J connectivity index is 2.08. The number of rotatable bonds is 2. The molecule has 0 spiro atoms. The molecule has 1 saturated heterocycles. The molecule has 14 heavy (non-hydrogen) atoms. The maximum atomic E-state index is 5.88. The number of nitrogens with two attached hydrogens (primary N) is 1. The minimum absolute atomic E-state index is 0.887. The van der Waals surface area contributed by atoms with Crippen molar-refractivity contribution in [1.29, 1.82) is 0 Å². The number of nitrogen functional groups attached to an aromatic ring is 1. The third-order valence-corrected chi connectivity index (χ3v) is 3.16. The normalized spacial score (nSPS) is 16.9. The van der Waals surface area contributed by atoms with E-state index in [0.29, 0.717) is 0 Å². The standard InChI is InChI=1S/C12H18N2/c1-3-10-7-14(8-10)11-5-4-9(2)12(13)6-11/h4-6,10H,3,7-8,13H2,1-2H3. The predicted octanol–water partition coefficient (Wildman–Crippen LogP) is 2.42. The summed E-state index contributed by atoms with van der Waals surface area (Å²) in [6, 6.07) is 6.35. The Kier molecular flexibility index (Phi) is 2.36. The van der Waals surface area contributed by atoms with E-state index in [2.05, 4.69) is 30.0 Å². The summed E-state index contributed by atoms with van der Waals surface area (Å²) >= 11 is 0. The third-order valence-electron chi connectivity index (χ3n) is 3.16. The molecule has 1 fully saturated rings. The smallest absolute Gasteiger partial charge is 0.0387 e. The van der Waals surface area contributed by atoms with Crippen molar-refractivity contribution in [2.75, 3.05) is 23.7 Å². The summed E-state index contributed by atoms with van der Waals surface area (Å²) < 4.78 is 0. The summed E-state index contributed by atoms with van der Waals surface area (Å²) in [4.78, 5) is 2.39. The van der Waals surface area contributed by atoms with Crippen LogP contribution in [-0.2, 0) is 0 Å². The van der Waals surface area contributed by atoms with E-state index < -0.39 is 0 Å². The van der Waals surface area contributed by atoms with E-state index in [1.807, 2.05) is 6.92 Å². The van der Waals surface area contributed by atoms with Crippen molar-refractivity contribution in [3.8, 4) is 0 Å². The quantitative estimate of drug-likeness (QED) is 0.726. The van der Waals surface area contributed by atoms with Crippen molar-refractivity contribution in [3.05, 3.63) is 23.8 Å². The Morgan fingerprint density at radius 3 is 2.71 bits per heavy atom. The van der Waals surface area contributed by atoms with Gasteiger partial charge in [0.2, 0.25) is 0 Å². The van der Waals surface area contributed by atoms with Crippen LogP contribution >= 0.6 is 0 Å². The van der Waals surface area contributed by atoms with Crippen LogP contribution in [-0.4, -0.2) is 13.1 Å². The van der Waals surface area contributed by atoms with Gasteiger partial charge in [0.05, 0.1) is 0 Å². The third kappa shape index (κ3) is 1.57. The van der Waals surface area contributed by atoms with Crippen molar-refractivity contribution >= 4 is 11.4 Å². The molecular formula is C12H18N2. The fraction of sp³-hybridized carbons (Fsp3) is 0.500. The van der Waals surface area contributed by atoms with Crippen LogP contribution in [0.3, 0.4) is 0 Å². The number of hydrogen-bond acceptors (Lipinski definition) is 2. The van der Waals surface area contributed by atoms with Crippen molar-refractivity contribution in [1.82, 2.24) is 0 Å². The van der Waals surface area contributed by atoms with E-state index >= 15 is 0 Å². The van der Waals surface area contributed by atoms with Crippen LogP contribution in [0.15, 0.2) is 18.2 Å². The average molecular weight is 190 g/mol. The lowest BCUT2D eigenvalue weighted by Crippen LogP contribution is -2.46. The molecule has 0 aliphatic carbocycles. The maximum Gasteiger partial charge on any atom is 0.0387 e. The van der Waals surface area contributed by atoms with Gasteiger partial charge in [0, 0.05) is 24.5 Å². The Morgan fingerprint density at radius 1 is 1.43 bits per heavy atom. The molecule has 0 unspecified atom stereocenters. The lowest BCUT2D eigenvalue weighted by molar-refractivity contribution is 0.399. The topological polar surface area (TPSA) is 29.3 Å². The summed E-state index contributed by atoms with van der Waals surface area (Å²) in [5.41, 5.74) is 9.23. The fourth-order valence-corrected chi connectivity index (χ4v) is 1.86. The molecule has 0 atom stereocenters. The van der Waals surface area contributed by atoms with Crippen LogP contribution in [0.4, 0.5) is 11.4 Å². The van der Waals surface area contributed by atoms with E-state index in [1.165, 1.54) is 30.8 Å². The molecule has 0 bridgehead atoms. The second-order valence-corrected chi connectivity index (χ2v) is 4.22. The van der Waals surface area contributed by atoms with Gasteiger partial charge < -0.3 is 10.6 Å². The highest BCUT2D eigenvalue weighted by Gasteiger charge is 2.24. The molecule has 2 rings (SSSR count). The first-order valence-electron chi connectivity index (χ1n) is 5.31. The summed E-state index contributed by atoms with van der Waals surface area (Å²) in [7, 11) is 0. The van der Waals surface area contributed by atoms with Gasteiger partial charge in [0.1, 0.15) is 0 Å². The summed E-state index contributed by atoms with van der Waals surface area (Å²) in [6.45, 7) is 6.69. The summed E-state index contributed by atoms with van der Waals surface area (Å²) in [5, 5.41) is 0. The minimum atomic E-state index is 0.887. The van der Waals surface area contributed by atoms with Crippen molar-refractivity contribution in [2.24, 2.45) is 5.92 Å². The van der Waals surface area contributed by atoms with Gasteiger partial charge in [0.25, 0.3) is 0 Å². The molecule has 2 nitrogen and oxygen atoms in total. The molecule has 0 radical (unpaired) electrons. The van der Waals surface area contributed by atoms with Gasteiger partial charge in [0.15, 0.2) is 0 Å². The molecule has 1 aromatic rings. The van der Waals surface area contributed by atoms with Crippen LogP contribution in [0, 0.1) is 12.8 Å². The monoisotopic (exact) mass is 190 g/mol. The van der Waals surface area contributed by atoms with Crippen LogP contribution in [0.25, 0.3) is 0 Å². The largest absolute Gasteiger partial charge is 0.398 e. The first-order chi connectivity index (χ1) is 6.70. The Labute approximate surface area is 85.7 Å². The molecular weight excluding hydrogens is 172 g/mol. The number of hydrogen-bond donors (Lipinski definition) is 1. The van der Waals surface area contributed by atoms with E-state index in [9.17, 15) is 0 Å². The van der Waals surface area contributed by atoms with Crippen LogP contribution < -0.4 is 10.6 Å². The van der Waals surface area contributed by atoms with Gasteiger partial charge in [-0.1, -0.05) is 13.0 Å². The molecule has 2 heteroatoms. The highest BCUT2D eigenvalue weighted by Crippen LogP contribution is 2.28. The van der Waals surface area contributed by atoms with E-state index in [0.717, 1.165) is 11.6 Å². The van der Waals surface area contributed by atoms with Gasteiger partial charge in [-0.15, -0.1) is 0 Å². The van der Waals surface area contributed by atoms with Gasteiger partial charge >= 0.3 is 0 Å². The van der Waals surface area contributed by atoms with E-state index in [4.69, 9.17) is 5.73 Å². The number of anilines is 2. The first-order valence-corrected chi connectivity index (χ1v) is 5.31. The highest BCUT2D eigenvalue weighted by molar-refractivity contribution is 5.60. The molecule has 0 saturated carbocycles. The number of benzene rings is 1. The Hall–Kier alpha value is -1.18. The predicted molar refractivity (Wildman–Crippen MR) is 61.6 cm³/mol. The molecule has 1 aromatic carbocycles. The van der Waals surface area contributed by atoms with Crippen LogP contribution in [0.2, 0.25) is 0 Å². The molecule has 1 aliphatic heterocycles. The second kappa shape index (κ2) is 3.52. The molecule has 1 aliphatic rings. The molecule has 0 amide bonds. The molecule has 2 N–H and O–H groups in total. The van der Waals surface area contributed by atoms with Crippen molar-refractivity contribution in [2.45, 2.75) is 20.3 Å². The van der Waals surface area contributed by atoms with Crippen LogP contribution in [0.1, 0.15) is 18.9 Å². The average Bonchev–Trinajstić information content (AvgIpc) is 2.09. The van der Waals surface area contributed by atoms with Gasteiger partial charge in [-0.2, -0.15) is 0 Å². The van der Waals surface area contributed by atoms with Crippen LogP contribution in [0.5, 0.6) is 0 Å². The van der Waals surface area contributed by atoms with Gasteiger partial charge in [-0.3, -0.25) is 0 Å². The van der Waals surface area contributed by atoms with Gasteiger partial charge in [-0.05, 0) is 37.0 Å². The Bertz CT molecular complexity index is 327. The highest BCUT2D eigenvalue weighted by atomic mass is 15.2. The van der Waals surface area contributed by atoms with Crippen molar-refractivity contribution < 1.29 is 0 Å². The SMILES string of the molecule is CCC1CN(c2ccc(C)c(N)c2)C1. The minimum Gasteiger partial charge on any atom is -0.398 e. The summed E-state index contributed by atoms with van der Waals surface area (Å²) in [6.07, 6.45) is 1.29. The van der Waals surface area contributed by atoms with Gasteiger partial charge in [-0.25, -0.2) is 0 Å². The zero-order valence-electron chi connectivity index (χ0n) is 8.96. The van der Waals surface area contributed by atoms with E-state index in [-0.39, 0.29) is 0 Å². The first kappa shape index (κ1) is 9.38. The zero-order valence-corrected chi connectivity index (χ0v) is 8.96. The molecule has 0 aromatic heterocycles. The van der Waals surface area contributed by atoms with E-state index in [1.54, 1.807) is 0 Å². The molecule has 76 valence electrons. The number of aryl methyl sites for hydroxylation is 1. The lowest BCUT2D eigenvalue weighted by atomic mass is 9.96.